The predicted octanol–water partition coefficient (Wildman–Crippen LogP) is 2.51. The zero-order valence-corrected chi connectivity index (χ0v) is 18.6. The zero-order valence-electron chi connectivity index (χ0n) is 18.6. The Morgan fingerprint density at radius 2 is 1.21 bits per heavy atom. The Bertz CT molecular complexity index is 1020. The van der Waals surface area contributed by atoms with Crippen LogP contribution in [0.15, 0.2) is 24.3 Å². The van der Waals surface area contributed by atoms with E-state index in [1.807, 2.05) is 6.07 Å². The van der Waals surface area contributed by atoms with E-state index in [0.29, 0.717) is 43.7 Å². The van der Waals surface area contributed by atoms with Crippen LogP contribution in [0.5, 0.6) is 23.0 Å². The highest BCUT2D eigenvalue weighted by atomic mass is 16.6. The van der Waals surface area contributed by atoms with Crippen molar-refractivity contribution >= 4 is 0 Å². The molecule has 4 saturated heterocycles. The van der Waals surface area contributed by atoms with Gasteiger partial charge < -0.3 is 38.3 Å². The van der Waals surface area contributed by atoms with Crippen molar-refractivity contribution in [2.45, 2.75) is 37.3 Å². The fourth-order valence-electron chi connectivity index (χ4n) is 4.00. The lowest BCUT2D eigenvalue weighted by Crippen LogP contribution is -2.09. The quantitative estimate of drug-likeness (QED) is 0.487. The molecule has 4 heterocycles. The molecule has 0 radical (unpaired) electrons. The summed E-state index contributed by atoms with van der Waals surface area (Å²) in [7, 11) is 1.64. The zero-order chi connectivity index (χ0) is 22.4. The fraction of sp³-hybridized carbons (Fsp3) is 0.520. The molecule has 0 aliphatic carbocycles. The van der Waals surface area contributed by atoms with Crippen molar-refractivity contribution in [2.24, 2.45) is 0 Å². The van der Waals surface area contributed by atoms with Crippen LogP contribution in [0.3, 0.4) is 0 Å². The topological polar surface area (TPSA) is 98.0 Å². The number of ether oxygens (including phenoxy) is 7. The third-order valence-electron chi connectivity index (χ3n) is 6.12. The molecule has 4 unspecified atom stereocenters. The van der Waals surface area contributed by atoms with E-state index in [1.165, 1.54) is 0 Å². The Labute approximate surface area is 192 Å². The van der Waals surface area contributed by atoms with Crippen LogP contribution in [0.4, 0.5) is 0 Å². The van der Waals surface area contributed by atoms with Crippen LogP contribution in [0.1, 0.15) is 11.1 Å². The minimum Gasteiger partial charge on any atom is -0.504 e. The summed E-state index contributed by atoms with van der Waals surface area (Å²) < 4.78 is 39.5. The van der Waals surface area contributed by atoms with E-state index in [2.05, 4.69) is 12.1 Å². The Hall–Kier alpha value is -2.52. The Balaban J connectivity index is 1.44. The van der Waals surface area contributed by atoms with Crippen LogP contribution in [-0.4, -0.2) is 76.3 Å². The van der Waals surface area contributed by atoms with Gasteiger partial charge in [-0.3, -0.25) is 0 Å². The first-order valence-corrected chi connectivity index (χ1v) is 11.5. The molecule has 1 N–H and O–H groups in total. The van der Waals surface area contributed by atoms with Crippen molar-refractivity contribution in [3.63, 3.8) is 0 Å². The first-order chi connectivity index (χ1) is 16.2. The average Bonchev–Trinajstić information content (AvgIpc) is 3.60. The maximum Gasteiger partial charge on any atom is 0.169 e. The molecule has 6 rings (SSSR count). The minimum atomic E-state index is 0.0624. The van der Waals surface area contributed by atoms with E-state index >= 15 is 0 Å². The largest absolute Gasteiger partial charge is 0.504 e. The number of phenols is 1. The molecular formula is C25H28O8. The van der Waals surface area contributed by atoms with Gasteiger partial charge in [0.15, 0.2) is 23.0 Å². The number of hydrogen-bond acceptors (Lipinski definition) is 8. The van der Waals surface area contributed by atoms with Gasteiger partial charge in [0.05, 0.1) is 45.7 Å². The molecule has 4 aliphatic heterocycles. The molecule has 0 bridgehead atoms. The number of aromatic hydroxyl groups is 1. The average molecular weight is 456 g/mol. The van der Waals surface area contributed by atoms with Crippen molar-refractivity contribution in [3.8, 4) is 34.1 Å². The van der Waals surface area contributed by atoms with Gasteiger partial charge in [-0.2, -0.15) is 0 Å². The van der Waals surface area contributed by atoms with Crippen molar-refractivity contribution in [3.05, 3.63) is 35.4 Å². The monoisotopic (exact) mass is 456 g/mol. The molecule has 0 aromatic heterocycles. The number of benzene rings is 2. The van der Waals surface area contributed by atoms with Crippen LogP contribution in [0.25, 0.3) is 11.1 Å². The molecule has 0 spiro atoms. The van der Waals surface area contributed by atoms with Crippen LogP contribution >= 0.6 is 0 Å². The molecule has 176 valence electrons. The SMILES string of the molecule is COc1cc(CC2CO2)cc(-c2cc(CC3CO3)cc(O)c2OCC2CO2)c1OCC1CO1. The summed E-state index contributed by atoms with van der Waals surface area (Å²) in [6.07, 6.45) is 2.08. The van der Waals surface area contributed by atoms with E-state index in [-0.39, 0.29) is 30.2 Å². The summed E-state index contributed by atoms with van der Waals surface area (Å²) in [6.45, 7) is 3.69. The number of methoxy groups -OCH3 is 1. The first-order valence-electron chi connectivity index (χ1n) is 11.5. The summed E-state index contributed by atoms with van der Waals surface area (Å²) in [4.78, 5) is 0. The highest BCUT2D eigenvalue weighted by molar-refractivity contribution is 5.82. The molecule has 4 aliphatic rings. The molecule has 33 heavy (non-hydrogen) atoms. The Morgan fingerprint density at radius 3 is 1.73 bits per heavy atom. The highest BCUT2D eigenvalue weighted by Crippen LogP contribution is 2.47. The summed E-state index contributed by atoms with van der Waals surface area (Å²) in [5.41, 5.74) is 3.62. The van der Waals surface area contributed by atoms with Gasteiger partial charge in [0.25, 0.3) is 0 Å². The Kier molecular flexibility index (Phi) is 5.54. The molecule has 8 heteroatoms. The van der Waals surface area contributed by atoms with Crippen molar-refractivity contribution in [1.82, 2.24) is 0 Å². The molecule has 4 atom stereocenters. The smallest absolute Gasteiger partial charge is 0.169 e. The molecule has 4 fully saturated rings. The van der Waals surface area contributed by atoms with Crippen LogP contribution in [0, 0.1) is 0 Å². The molecule has 0 saturated carbocycles. The summed E-state index contributed by atoms with van der Waals surface area (Å²) in [5, 5.41) is 11.0. The molecule has 2 aromatic rings. The number of rotatable bonds is 12. The van der Waals surface area contributed by atoms with Gasteiger partial charge in [0.1, 0.15) is 25.4 Å². The van der Waals surface area contributed by atoms with Crippen molar-refractivity contribution < 1.29 is 38.3 Å². The van der Waals surface area contributed by atoms with E-state index < -0.39 is 0 Å². The van der Waals surface area contributed by atoms with Crippen LogP contribution < -0.4 is 14.2 Å². The summed E-state index contributed by atoms with van der Waals surface area (Å²) in [6, 6.07) is 7.89. The normalized spacial score (nSPS) is 26.6. The molecule has 2 aromatic carbocycles. The van der Waals surface area contributed by atoms with Gasteiger partial charge in [-0.05, 0) is 35.4 Å². The lowest BCUT2D eigenvalue weighted by atomic mass is 9.95. The Morgan fingerprint density at radius 1 is 0.727 bits per heavy atom. The second-order valence-corrected chi connectivity index (χ2v) is 9.02. The van der Waals surface area contributed by atoms with Crippen molar-refractivity contribution in [2.75, 3.05) is 46.8 Å². The molecule has 8 nitrogen and oxygen atoms in total. The summed E-state index contributed by atoms with van der Waals surface area (Å²) in [5.74, 6) is 1.76. The second kappa shape index (κ2) is 8.68. The van der Waals surface area contributed by atoms with Gasteiger partial charge in [-0.1, -0.05) is 0 Å². The third-order valence-corrected chi connectivity index (χ3v) is 6.12. The highest BCUT2D eigenvalue weighted by Gasteiger charge is 2.30. The van der Waals surface area contributed by atoms with Crippen LogP contribution in [-0.2, 0) is 31.8 Å². The van der Waals surface area contributed by atoms with Gasteiger partial charge in [0.2, 0.25) is 0 Å². The fourth-order valence-corrected chi connectivity index (χ4v) is 4.00. The van der Waals surface area contributed by atoms with E-state index in [1.54, 1.807) is 13.2 Å². The predicted molar refractivity (Wildman–Crippen MR) is 117 cm³/mol. The van der Waals surface area contributed by atoms with Crippen LogP contribution in [0.2, 0.25) is 0 Å². The summed E-state index contributed by atoms with van der Waals surface area (Å²) >= 11 is 0. The van der Waals surface area contributed by atoms with Gasteiger partial charge in [0, 0.05) is 24.0 Å². The van der Waals surface area contributed by atoms with E-state index in [4.69, 9.17) is 33.2 Å². The van der Waals surface area contributed by atoms with Gasteiger partial charge in [-0.15, -0.1) is 0 Å². The third kappa shape index (κ3) is 5.19. The minimum absolute atomic E-state index is 0.0624. The molecule has 0 amide bonds. The first kappa shape index (κ1) is 21.0. The van der Waals surface area contributed by atoms with Gasteiger partial charge >= 0.3 is 0 Å². The van der Waals surface area contributed by atoms with E-state index in [9.17, 15) is 5.11 Å². The number of phenolic OH excluding ortho intramolecular Hbond substituents is 1. The lowest BCUT2D eigenvalue weighted by molar-refractivity contribution is 0.250. The lowest BCUT2D eigenvalue weighted by Gasteiger charge is -2.20. The standard InChI is InChI=1S/C25H28O8/c1-27-23-7-15(3-17-9-29-17)5-21(25(23)33-13-19-11-31-19)20-4-14(2-16-8-28-16)6-22(26)24(20)32-12-18-10-30-18/h4-7,16-19,26H,2-3,8-13H2,1H3. The van der Waals surface area contributed by atoms with Crippen molar-refractivity contribution in [1.29, 1.82) is 0 Å². The number of hydrogen-bond donors (Lipinski definition) is 1. The molecular weight excluding hydrogens is 428 g/mol. The van der Waals surface area contributed by atoms with Gasteiger partial charge in [-0.25, -0.2) is 0 Å². The van der Waals surface area contributed by atoms with E-state index in [0.717, 1.165) is 48.3 Å². The number of epoxide rings is 4. The maximum atomic E-state index is 11.0. The second-order valence-electron chi connectivity index (χ2n) is 9.02. The maximum absolute atomic E-state index is 11.0.